The molecule has 206 valence electrons. The minimum Gasteiger partial charge on any atom is -0.503 e. The highest BCUT2D eigenvalue weighted by Crippen LogP contribution is 2.48. The normalized spacial score (nSPS) is 15.2. The first-order chi connectivity index (χ1) is 19.2. The van der Waals surface area contributed by atoms with E-state index in [1.807, 2.05) is 6.92 Å². The van der Waals surface area contributed by atoms with Gasteiger partial charge < -0.3 is 14.6 Å². The number of carbonyl (C=O) groups is 2. The van der Waals surface area contributed by atoms with Crippen LogP contribution in [0.15, 0.2) is 58.1 Å². The fourth-order valence-corrected chi connectivity index (χ4v) is 7.21. The molecule has 40 heavy (non-hydrogen) atoms. The maximum absolute atomic E-state index is 13.9. The SMILES string of the molecule is COc1cccc(C2C(C(=O)c3sc(C)nc3C)=C(O)C(=O)N2c2nnc(SCc3ccc(C)cc3)s2)c1OC. The lowest BCUT2D eigenvalue weighted by atomic mass is 9.94. The first-order valence-corrected chi connectivity index (χ1v) is 14.8. The van der Waals surface area contributed by atoms with Crippen LogP contribution in [0.5, 0.6) is 11.5 Å². The minimum absolute atomic E-state index is 0.0765. The van der Waals surface area contributed by atoms with Gasteiger partial charge in [0.1, 0.15) is 6.04 Å². The van der Waals surface area contributed by atoms with Crippen molar-refractivity contribution in [3.63, 3.8) is 0 Å². The second-order valence-corrected chi connectivity index (χ2v) is 12.4. The number of aromatic nitrogens is 3. The molecule has 0 saturated heterocycles. The predicted octanol–water partition coefficient (Wildman–Crippen LogP) is 6.01. The van der Waals surface area contributed by atoms with Gasteiger partial charge in [0.05, 0.1) is 35.4 Å². The molecule has 3 heterocycles. The van der Waals surface area contributed by atoms with Crippen molar-refractivity contribution in [2.24, 2.45) is 0 Å². The second kappa shape index (κ2) is 11.4. The highest BCUT2D eigenvalue weighted by atomic mass is 32.2. The number of benzene rings is 2. The molecule has 0 spiro atoms. The van der Waals surface area contributed by atoms with E-state index in [0.717, 1.165) is 5.56 Å². The van der Waals surface area contributed by atoms with E-state index >= 15 is 0 Å². The molecule has 0 saturated carbocycles. The Morgan fingerprint density at radius 2 is 1.80 bits per heavy atom. The van der Waals surface area contributed by atoms with Gasteiger partial charge in [-0.2, -0.15) is 0 Å². The third-order valence-electron chi connectivity index (χ3n) is 6.38. The second-order valence-electron chi connectivity index (χ2n) is 9.02. The molecule has 0 radical (unpaired) electrons. The molecule has 12 heteroatoms. The van der Waals surface area contributed by atoms with Crippen LogP contribution in [0.25, 0.3) is 0 Å². The van der Waals surface area contributed by atoms with E-state index in [9.17, 15) is 14.7 Å². The van der Waals surface area contributed by atoms with Gasteiger partial charge in [-0.3, -0.25) is 14.5 Å². The number of aliphatic hydroxyl groups is 1. The molecule has 2 aromatic heterocycles. The summed E-state index contributed by atoms with van der Waals surface area (Å²) in [6.07, 6.45) is 0. The number of methoxy groups -OCH3 is 2. The van der Waals surface area contributed by atoms with Gasteiger partial charge in [0.2, 0.25) is 10.9 Å². The Kier molecular flexibility index (Phi) is 7.92. The lowest BCUT2D eigenvalue weighted by Gasteiger charge is -2.26. The van der Waals surface area contributed by atoms with Crippen LogP contribution in [0, 0.1) is 20.8 Å². The average molecular weight is 595 g/mol. The number of aryl methyl sites for hydroxylation is 3. The van der Waals surface area contributed by atoms with E-state index < -0.39 is 23.5 Å². The quantitative estimate of drug-likeness (QED) is 0.141. The molecule has 1 unspecified atom stereocenters. The number of aliphatic hydroxyl groups excluding tert-OH is 1. The van der Waals surface area contributed by atoms with Gasteiger partial charge in [-0.25, -0.2) is 4.98 Å². The molecular formula is C28H26N4O5S3. The number of nitrogens with zero attached hydrogens (tertiary/aromatic N) is 4. The van der Waals surface area contributed by atoms with Crippen LogP contribution in [-0.4, -0.2) is 46.2 Å². The maximum atomic E-state index is 13.9. The fraction of sp³-hybridized carbons (Fsp3) is 0.250. The van der Waals surface area contributed by atoms with Crippen LogP contribution in [0.4, 0.5) is 5.13 Å². The number of hydrogen-bond donors (Lipinski definition) is 1. The molecule has 9 nitrogen and oxygen atoms in total. The Labute approximate surface area is 243 Å². The Morgan fingerprint density at radius 1 is 1.05 bits per heavy atom. The summed E-state index contributed by atoms with van der Waals surface area (Å²) in [5, 5.41) is 20.7. The number of ketones is 1. The number of thioether (sulfide) groups is 1. The highest BCUT2D eigenvalue weighted by Gasteiger charge is 2.48. The van der Waals surface area contributed by atoms with E-state index in [0.29, 0.717) is 42.7 Å². The largest absolute Gasteiger partial charge is 0.503 e. The minimum atomic E-state index is -1.03. The lowest BCUT2D eigenvalue weighted by molar-refractivity contribution is -0.117. The van der Waals surface area contributed by atoms with Gasteiger partial charge in [-0.05, 0) is 32.4 Å². The predicted molar refractivity (Wildman–Crippen MR) is 156 cm³/mol. The van der Waals surface area contributed by atoms with Crippen molar-refractivity contribution in [1.29, 1.82) is 0 Å². The molecule has 0 fully saturated rings. The van der Waals surface area contributed by atoms with Crippen LogP contribution >= 0.6 is 34.4 Å². The van der Waals surface area contributed by atoms with Crippen LogP contribution < -0.4 is 14.4 Å². The first kappa shape index (κ1) is 27.8. The van der Waals surface area contributed by atoms with Crippen LogP contribution in [0.3, 0.4) is 0 Å². The van der Waals surface area contributed by atoms with Crippen molar-refractivity contribution in [3.05, 3.63) is 86.1 Å². The molecule has 1 N–H and O–H groups in total. The summed E-state index contributed by atoms with van der Waals surface area (Å²) in [4.78, 5) is 33.5. The van der Waals surface area contributed by atoms with Crippen molar-refractivity contribution >= 4 is 51.3 Å². The average Bonchev–Trinajstić information content (AvgIpc) is 3.62. The van der Waals surface area contributed by atoms with Crippen LogP contribution in [0.1, 0.15) is 43.1 Å². The number of carbonyl (C=O) groups excluding carboxylic acids is 2. The van der Waals surface area contributed by atoms with Gasteiger partial charge in [-0.1, -0.05) is 65.1 Å². The zero-order valence-corrected chi connectivity index (χ0v) is 24.9. The molecule has 1 aliphatic heterocycles. The standard InChI is InChI=1S/C28H26N4O5S3/c1-14-9-11-17(12-10-14)13-38-28-31-30-27(40-28)32-21(18-7-6-8-19(36-4)24(18)37-5)20(23(34)26(32)35)22(33)25-15(2)29-16(3)39-25/h6-12,21,34H,13H2,1-5H3. The summed E-state index contributed by atoms with van der Waals surface area (Å²) >= 11 is 3.92. The summed E-state index contributed by atoms with van der Waals surface area (Å²) in [7, 11) is 2.99. The number of ether oxygens (including phenoxy) is 2. The lowest BCUT2D eigenvalue weighted by Crippen LogP contribution is -2.31. The maximum Gasteiger partial charge on any atom is 0.296 e. The molecule has 2 aromatic carbocycles. The number of thiazole rings is 1. The van der Waals surface area contributed by atoms with Crippen molar-refractivity contribution in [1.82, 2.24) is 15.2 Å². The van der Waals surface area contributed by atoms with E-state index in [4.69, 9.17) is 9.47 Å². The number of para-hydroxylation sites is 1. The zero-order chi connectivity index (χ0) is 28.6. The molecule has 5 rings (SSSR count). The van der Waals surface area contributed by atoms with Gasteiger partial charge >= 0.3 is 0 Å². The molecule has 1 atom stereocenters. The third kappa shape index (κ3) is 5.09. The fourth-order valence-electron chi connectivity index (χ4n) is 4.51. The van der Waals surface area contributed by atoms with Crippen molar-refractivity contribution in [2.45, 2.75) is 36.9 Å². The van der Waals surface area contributed by atoms with Gasteiger partial charge in [-0.15, -0.1) is 21.5 Å². The molecule has 4 aromatic rings. The summed E-state index contributed by atoms with van der Waals surface area (Å²) in [5.41, 5.74) is 3.23. The number of anilines is 1. The molecule has 1 amide bonds. The third-order valence-corrected chi connectivity index (χ3v) is 9.57. The van der Waals surface area contributed by atoms with Crippen molar-refractivity contribution < 1.29 is 24.2 Å². The topological polar surface area (TPSA) is 115 Å². The number of Topliss-reactive ketones (excluding diaryl/α,β-unsaturated/α-hetero) is 1. The van der Waals surface area contributed by atoms with Gasteiger partial charge in [0.15, 0.2) is 21.6 Å². The monoisotopic (exact) mass is 594 g/mol. The Hall–Kier alpha value is -3.74. The Bertz CT molecular complexity index is 1630. The smallest absolute Gasteiger partial charge is 0.296 e. The Balaban J connectivity index is 1.57. The molecule has 1 aliphatic rings. The van der Waals surface area contributed by atoms with Crippen LogP contribution in [-0.2, 0) is 10.5 Å². The Morgan fingerprint density at radius 3 is 2.45 bits per heavy atom. The summed E-state index contributed by atoms with van der Waals surface area (Å²) in [5.74, 6) is -0.444. The summed E-state index contributed by atoms with van der Waals surface area (Å²) in [6, 6.07) is 12.4. The zero-order valence-electron chi connectivity index (χ0n) is 22.4. The van der Waals surface area contributed by atoms with Gasteiger partial charge in [0, 0.05) is 11.3 Å². The number of rotatable bonds is 9. The first-order valence-electron chi connectivity index (χ1n) is 12.2. The van der Waals surface area contributed by atoms with E-state index in [1.165, 1.54) is 59.1 Å². The summed E-state index contributed by atoms with van der Waals surface area (Å²) in [6.45, 7) is 5.56. The van der Waals surface area contributed by atoms with E-state index in [-0.39, 0.29) is 10.7 Å². The highest BCUT2D eigenvalue weighted by molar-refractivity contribution is 8.00. The summed E-state index contributed by atoms with van der Waals surface area (Å²) < 4.78 is 11.8. The molecule has 0 bridgehead atoms. The number of amides is 1. The van der Waals surface area contributed by atoms with Crippen molar-refractivity contribution in [3.8, 4) is 11.5 Å². The van der Waals surface area contributed by atoms with Crippen molar-refractivity contribution in [2.75, 3.05) is 19.1 Å². The van der Waals surface area contributed by atoms with Gasteiger partial charge in [0.25, 0.3) is 5.91 Å². The van der Waals surface area contributed by atoms with E-state index in [2.05, 4.69) is 39.4 Å². The van der Waals surface area contributed by atoms with Crippen LogP contribution in [0.2, 0.25) is 0 Å². The molecular weight excluding hydrogens is 569 g/mol. The number of hydrogen-bond acceptors (Lipinski definition) is 11. The molecule has 0 aliphatic carbocycles. The van der Waals surface area contributed by atoms with E-state index in [1.54, 1.807) is 32.0 Å².